The van der Waals surface area contributed by atoms with Crippen LogP contribution in [0, 0.1) is 11.8 Å². The number of esters is 1. The molecule has 0 aromatic heterocycles. The van der Waals surface area contributed by atoms with Crippen LogP contribution in [-0.2, 0) is 21.5 Å². The molecule has 4 heterocycles. The monoisotopic (exact) mass is 495 g/mol. The fraction of sp³-hybridized carbons (Fsp3) is 0.485. The van der Waals surface area contributed by atoms with Crippen molar-refractivity contribution in [2.75, 3.05) is 39.3 Å². The number of ether oxygens (including phenoxy) is 1. The Morgan fingerprint density at radius 3 is 2.54 bits per heavy atom. The number of hydrogen-bond acceptors (Lipinski definition) is 3. The van der Waals surface area contributed by atoms with Gasteiger partial charge in [0.05, 0.1) is 25.6 Å². The van der Waals surface area contributed by atoms with Crippen LogP contribution in [0.15, 0.2) is 72.8 Å². The number of carbonyl (C=O) groups is 1. The smallest absolute Gasteiger partial charge is 0.331 e. The Labute approximate surface area is 220 Å². The normalized spacial score (nSPS) is 32.1. The highest BCUT2D eigenvalue weighted by molar-refractivity contribution is 5.83. The number of piperidine rings is 4. The Balaban J connectivity index is 1.09. The molecular formula is C33H39N2O2+. The Hall–Kier alpha value is -2.69. The minimum absolute atomic E-state index is 0.0236. The van der Waals surface area contributed by atoms with Crippen molar-refractivity contribution in [1.82, 2.24) is 4.90 Å². The first-order chi connectivity index (χ1) is 18.0. The average molecular weight is 496 g/mol. The third kappa shape index (κ3) is 3.75. The molecule has 1 saturated carbocycles. The van der Waals surface area contributed by atoms with Gasteiger partial charge in [-0.15, -0.1) is 0 Å². The van der Waals surface area contributed by atoms with Crippen LogP contribution < -0.4 is 0 Å². The van der Waals surface area contributed by atoms with E-state index < -0.39 is 5.54 Å². The van der Waals surface area contributed by atoms with Crippen LogP contribution >= 0.6 is 0 Å². The van der Waals surface area contributed by atoms with Crippen LogP contribution in [0.3, 0.4) is 0 Å². The summed E-state index contributed by atoms with van der Waals surface area (Å²) >= 11 is 0. The summed E-state index contributed by atoms with van der Waals surface area (Å²) in [6, 6.07) is 25.9. The average Bonchev–Trinajstić information content (AvgIpc) is 3.45. The zero-order valence-corrected chi connectivity index (χ0v) is 22.1. The molecule has 3 aromatic carbocycles. The highest BCUT2D eigenvalue weighted by Crippen LogP contribution is 2.66. The molecule has 8 rings (SSSR count). The quantitative estimate of drug-likeness (QED) is 0.318. The van der Waals surface area contributed by atoms with Crippen molar-refractivity contribution >= 4 is 16.7 Å². The molecule has 37 heavy (non-hydrogen) atoms. The molecule has 1 aliphatic carbocycles. The Morgan fingerprint density at radius 2 is 1.73 bits per heavy atom. The lowest BCUT2D eigenvalue weighted by Gasteiger charge is -2.44. The highest BCUT2D eigenvalue weighted by atomic mass is 16.6. The van der Waals surface area contributed by atoms with E-state index in [0.29, 0.717) is 11.8 Å². The molecule has 4 bridgehead atoms. The van der Waals surface area contributed by atoms with Gasteiger partial charge in [0.1, 0.15) is 12.1 Å². The van der Waals surface area contributed by atoms with Gasteiger partial charge in [0, 0.05) is 18.8 Å². The van der Waals surface area contributed by atoms with Crippen molar-refractivity contribution in [2.45, 2.75) is 50.2 Å². The molecule has 5 aliphatic rings. The SMILES string of the molecule is C[C@@](C(=O)O[C@]12C[N+]3(CCc4ccc5ccccc5c4)CCC1C2C3)(c1ccccc1)N1CCCCC1. The van der Waals surface area contributed by atoms with Crippen LogP contribution in [0.5, 0.6) is 0 Å². The minimum atomic E-state index is -0.712. The maximum Gasteiger partial charge on any atom is 0.331 e. The molecule has 0 spiro atoms. The molecule has 5 atom stereocenters. The lowest BCUT2D eigenvalue weighted by atomic mass is 9.88. The molecule has 192 valence electrons. The van der Waals surface area contributed by atoms with Gasteiger partial charge in [0.15, 0.2) is 5.60 Å². The van der Waals surface area contributed by atoms with E-state index in [1.54, 1.807) is 0 Å². The van der Waals surface area contributed by atoms with Gasteiger partial charge < -0.3 is 9.22 Å². The Bertz CT molecular complexity index is 1320. The number of carbonyl (C=O) groups excluding carboxylic acids is 1. The van der Waals surface area contributed by atoms with Gasteiger partial charge in [0.25, 0.3) is 0 Å². The fourth-order valence-electron chi connectivity index (χ4n) is 8.16. The zero-order chi connectivity index (χ0) is 25.1. The van der Waals surface area contributed by atoms with Crippen molar-refractivity contribution in [2.24, 2.45) is 11.8 Å². The van der Waals surface area contributed by atoms with Crippen molar-refractivity contribution in [3.63, 3.8) is 0 Å². The van der Waals surface area contributed by atoms with Gasteiger partial charge >= 0.3 is 5.97 Å². The predicted molar refractivity (Wildman–Crippen MR) is 147 cm³/mol. The Kier molecular flexibility index (Phi) is 5.49. The number of quaternary nitrogens is 1. The predicted octanol–water partition coefficient (Wildman–Crippen LogP) is 5.55. The lowest BCUT2D eigenvalue weighted by molar-refractivity contribution is -0.930. The number of rotatable bonds is 7. The van der Waals surface area contributed by atoms with Gasteiger partial charge in [-0.05, 0) is 54.8 Å². The van der Waals surface area contributed by atoms with Crippen LogP contribution in [-0.4, -0.2) is 60.2 Å². The first-order valence-electron chi connectivity index (χ1n) is 14.4. The highest BCUT2D eigenvalue weighted by Gasteiger charge is 2.81. The molecule has 3 unspecified atom stereocenters. The Morgan fingerprint density at radius 1 is 0.973 bits per heavy atom. The number of likely N-dealkylation sites (tertiary alicyclic amines) is 1. The molecule has 5 fully saturated rings. The molecule has 4 aliphatic heterocycles. The standard InChI is InChI=1S/C33H39N2O2/c1-32(28-12-4-2-5-13-28,34-18-8-3-9-19-34)31(36)37-33-24-35(21-17-29(33)30(33)23-35)20-16-25-14-15-26-10-6-7-11-27(26)22-25/h2,4-7,10-15,22,29-30H,3,8-9,16-21,23-24H2,1H3/q+1/t29?,30?,32-,33+,35?/m0/s1. The van der Waals surface area contributed by atoms with Crippen molar-refractivity contribution in [3.05, 3.63) is 83.9 Å². The third-order valence-corrected chi connectivity index (χ3v) is 10.4. The number of nitrogens with zero attached hydrogens (tertiary/aromatic N) is 2. The summed E-state index contributed by atoms with van der Waals surface area (Å²) < 4.78 is 7.84. The van der Waals surface area contributed by atoms with E-state index >= 15 is 0 Å². The van der Waals surface area contributed by atoms with Crippen molar-refractivity contribution in [3.8, 4) is 0 Å². The van der Waals surface area contributed by atoms with Crippen LogP contribution in [0.1, 0.15) is 43.7 Å². The number of benzene rings is 3. The van der Waals surface area contributed by atoms with E-state index in [0.717, 1.165) is 55.5 Å². The summed E-state index contributed by atoms with van der Waals surface area (Å²) in [5.74, 6) is 1.09. The second kappa shape index (κ2) is 8.68. The van der Waals surface area contributed by atoms with Crippen LogP contribution in [0.4, 0.5) is 0 Å². The van der Waals surface area contributed by atoms with Gasteiger partial charge in [-0.1, -0.05) is 79.2 Å². The van der Waals surface area contributed by atoms with Gasteiger partial charge in [0.2, 0.25) is 0 Å². The van der Waals surface area contributed by atoms with E-state index in [4.69, 9.17) is 4.74 Å². The first kappa shape index (κ1) is 23.4. The van der Waals surface area contributed by atoms with Crippen molar-refractivity contribution < 1.29 is 14.0 Å². The maximum absolute atomic E-state index is 14.2. The molecule has 3 aromatic rings. The summed E-state index contributed by atoms with van der Waals surface area (Å²) in [4.78, 5) is 16.6. The molecule has 4 saturated heterocycles. The summed E-state index contributed by atoms with van der Waals surface area (Å²) in [5, 5.41) is 2.63. The van der Waals surface area contributed by atoms with E-state index in [2.05, 4.69) is 78.6 Å². The van der Waals surface area contributed by atoms with Crippen LogP contribution in [0.25, 0.3) is 10.8 Å². The fourth-order valence-corrected chi connectivity index (χ4v) is 8.16. The minimum Gasteiger partial charge on any atom is -0.451 e. The van der Waals surface area contributed by atoms with E-state index in [9.17, 15) is 4.79 Å². The second-order valence-electron chi connectivity index (χ2n) is 12.4. The van der Waals surface area contributed by atoms with Crippen molar-refractivity contribution in [1.29, 1.82) is 0 Å². The molecule has 4 nitrogen and oxygen atoms in total. The zero-order valence-electron chi connectivity index (χ0n) is 22.1. The summed E-state index contributed by atoms with van der Waals surface area (Å²) in [6.45, 7) is 8.60. The molecule has 0 amide bonds. The van der Waals surface area contributed by atoms with Gasteiger partial charge in [-0.25, -0.2) is 4.79 Å². The van der Waals surface area contributed by atoms with Crippen LogP contribution in [0.2, 0.25) is 0 Å². The second-order valence-corrected chi connectivity index (χ2v) is 12.4. The van der Waals surface area contributed by atoms with Gasteiger partial charge in [-0.3, -0.25) is 4.90 Å². The first-order valence-corrected chi connectivity index (χ1v) is 14.4. The summed E-state index contributed by atoms with van der Waals surface area (Å²) in [7, 11) is 0. The van der Waals surface area contributed by atoms with Gasteiger partial charge in [-0.2, -0.15) is 0 Å². The summed E-state index contributed by atoms with van der Waals surface area (Å²) in [6.07, 6.45) is 5.84. The van der Waals surface area contributed by atoms with E-state index in [-0.39, 0.29) is 11.6 Å². The molecule has 0 radical (unpaired) electrons. The number of hydrogen-bond donors (Lipinski definition) is 0. The maximum atomic E-state index is 14.2. The summed E-state index contributed by atoms with van der Waals surface area (Å²) in [5.41, 5.74) is 1.54. The third-order valence-electron chi connectivity index (χ3n) is 10.4. The molecule has 4 heteroatoms. The number of fused-ring (bicyclic) bond motifs is 2. The van der Waals surface area contributed by atoms with E-state index in [1.165, 1.54) is 42.3 Å². The molecular weight excluding hydrogens is 456 g/mol. The lowest BCUT2D eigenvalue weighted by Crippen LogP contribution is -2.58. The topological polar surface area (TPSA) is 29.5 Å². The molecule has 0 N–H and O–H groups in total. The van der Waals surface area contributed by atoms with E-state index in [1.807, 2.05) is 6.07 Å². The largest absolute Gasteiger partial charge is 0.451 e.